The fraction of sp³-hybridized carbons (Fsp3) is 0.571. The summed E-state index contributed by atoms with van der Waals surface area (Å²) in [5, 5.41) is 0.856. The van der Waals surface area contributed by atoms with Crippen LogP contribution in [-0.4, -0.2) is 51.6 Å². The highest BCUT2D eigenvalue weighted by Crippen LogP contribution is 2.15. The number of benzene rings is 1. The lowest BCUT2D eigenvalue weighted by atomic mass is 10.3. The van der Waals surface area contributed by atoms with E-state index in [4.69, 9.17) is 18.9 Å². The molecular formula is C14H20Br2O4. The maximum atomic E-state index is 5.52. The SMILES string of the molecule is BrCCOCCOCCOCCOc1ccc(Br)cc1. The Bertz CT molecular complexity index is 332. The first kappa shape index (κ1) is 17.9. The molecule has 114 valence electrons. The van der Waals surface area contributed by atoms with E-state index in [1.807, 2.05) is 24.3 Å². The lowest BCUT2D eigenvalue weighted by Crippen LogP contribution is -2.13. The Kier molecular flexibility index (Phi) is 11.3. The lowest BCUT2D eigenvalue weighted by Gasteiger charge is -2.08. The highest BCUT2D eigenvalue weighted by atomic mass is 79.9. The summed E-state index contributed by atoms with van der Waals surface area (Å²) >= 11 is 6.66. The van der Waals surface area contributed by atoms with Gasteiger partial charge in [-0.25, -0.2) is 0 Å². The number of hydrogen-bond donors (Lipinski definition) is 0. The number of alkyl halides is 1. The third kappa shape index (κ3) is 9.72. The second kappa shape index (κ2) is 12.6. The largest absolute Gasteiger partial charge is 0.491 e. The summed E-state index contributed by atoms with van der Waals surface area (Å²) in [6.07, 6.45) is 0. The minimum Gasteiger partial charge on any atom is -0.491 e. The van der Waals surface area contributed by atoms with Crippen LogP contribution in [0.5, 0.6) is 5.75 Å². The molecule has 0 amide bonds. The molecular weight excluding hydrogens is 392 g/mol. The van der Waals surface area contributed by atoms with Gasteiger partial charge in [0.25, 0.3) is 0 Å². The minimum atomic E-state index is 0.538. The Labute approximate surface area is 137 Å². The third-order valence-electron chi connectivity index (χ3n) is 2.28. The zero-order valence-electron chi connectivity index (χ0n) is 11.4. The predicted molar refractivity (Wildman–Crippen MR) is 85.9 cm³/mol. The zero-order chi connectivity index (χ0) is 14.5. The monoisotopic (exact) mass is 410 g/mol. The van der Waals surface area contributed by atoms with Gasteiger partial charge in [0.2, 0.25) is 0 Å². The molecule has 0 aliphatic carbocycles. The van der Waals surface area contributed by atoms with E-state index < -0.39 is 0 Å². The van der Waals surface area contributed by atoms with E-state index in [9.17, 15) is 0 Å². The second-order valence-corrected chi connectivity index (χ2v) is 5.54. The summed E-state index contributed by atoms with van der Waals surface area (Å²) in [6, 6.07) is 7.73. The molecule has 0 heterocycles. The van der Waals surface area contributed by atoms with Crippen molar-refractivity contribution in [2.24, 2.45) is 0 Å². The summed E-state index contributed by atoms with van der Waals surface area (Å²) in [7, 11) is 0. The van der Waals surface area contributed by atoms with Crippen LogP contribution in [0.3, 0.4) is 0 Å². The molecule has 0 aliphatic rings. The van der Waals surface area contributed by atoms with Gasteiger partial charge in [-0.05, 0) is 24.3 Å². The van der Waals surface area contributed by atoms with E-state index in [1.54, 1.807) is 0 Å². The van der Waals surface area contributed by atoms with Crippen LogP contribution in [0.15, 0.2) is 28.7 Å². The van der Waals surface area contributed by atoms with Crippen LogP contribution in [0, 0.1) is 0 Å². The summed E-state index contributed by atoms with van der Waals surface area (Å²) in [4.78, 5) is 0. The van der Waals surface area contributed by atoms with Crippen molar-refractivity contribution in [3.05, 3.63) is 28.7 Å². The Balaban J connectivity index is 1.84. The molecule has 1 rings (SSSR count). The van der Waals surface area contributed by atoms with Crippen molar-refractivity contribution in [2.45, 2.75) is 0 Å². The Morgan fingerprint density at radius 1 is 0.700 bits per heavy atom. The van der Waals surface area contributed by atoms with Gasteiger partial charge in [0, 0.05) is 9.80 Å². The van der Waals surface area contributed by atoms with Gasteiger partial charge in [-0.3, -0.25) is 0 Å². The quantitative estimate of drug-likeness (QED) is 0.390. The molecule has 0 radical (unpaired) electrons. The number of rotatable bonds is 12. The van der Waals surface area contributed by atoms with Gasteiger partial charge < -0.3 is 18.9 Å². The normalized spacial score (nSPS) is 10.7. The molecule has 0 N–H and O–H groups in total. The molecule has 6 heteroatoms. The van der Waals surface area contributed by atoms with Crippen molar-refractivity contribution in [3.63, 3.8) is 0 Å². The summed E-state index contributed by atoms with van der Waals surface area (Å²) in [5.41, 5.74) is 0. The topological polar surface area (TPSA) is 36.9 Å². The van der Waals surface area contributed by atoms with Crippen molar-refractivity contribution in [1.82, 2.24) is 0 Å². The molecule has 0 aromatic heterocycles. The standard InChI is InChI=1S/C14H20Br2O4/c15-5-6-17-7-8-18-9-10-19-11-12-20-14-3-1-13(16)2-4-14/h1-4H,5-12H2. The van der Waals surface area contributed by atoms with Crippen molar-refractivity contribution < 1.29 is 18.9 Å². The molecule has 0 spiro atoms. The molecule has 0 aliphatic heterocycles. The van der Waals surface area contributed by atoms with Crippen LogP contribution >= 0.6 is 31.9 Å². The average Bonchev–Trinajstić information content (AvgIpc) is 2.47. The zero-order valence-corrected chi connectivity index (χ0v) is 14.5. The summed E-state index contributed by atoms with van der Waals surface area (Å²) in [5.74, 6) is 0.844. The maximum absolute atomic E-state index is 5.52. The van der Waals surface area contributed by atoms with Gasteiger partial charge in [0.1, 0.15) is 12.4 Å². The van der Waals surface area contributed by atoms with Crippen LogP contribution in [0.1, 0.15) is 0 Å². The Hall–Kier alpha value is -0.140. The van der Waals surface area contributed by atoms with E-state index in [2.05, 4.69) is 31.9 Å². The van der Waals surface area contributed by atoms with Crippen LogP contribution in [0.2, 0.25) is 0 Å². The highest BCUT2D eigenvalue weighted by Gasteiger charge is 1.94. The Morgan fingerprint density at radius 3 is 1.75 bits per heavy atom. The van der Waals surface area contributed by atoms with Gasteiger partial charge in [-0.1, -0.05) is 31.9 Å². The van der Waals surface area contributed by atoms with Crippen LogP contribution in [0.4, 0.5) is 0 Å². The minimum absolute atomic E-state index is 0.538. The Morgan fingerprint density at radius 2 is 1.20 bits per heavy atom. The van der Waals surface area contributed by atoms with E-state index >= 15 is 0 Å². The van der Waals surface area contributed by atoms with Gasteiger partial charge >= 0.3 is 0 Å². The molecule has 0 atom stereocenters. The average molecular weight is 412 g/mol. The van der Waals surface area contributed by atoms with Gasteiger partial charge in [0.05, 0.1) is 39.6 Å². The van der Waals surface area contributed by atoms with Crippen molar-refractivity contribution in [1.29, 1.82) is 0 Å². The summed E-state index contributed by atoms with van der Waals surface area (Å²) < 4.78 is 22.6. The molecule has 0 bridgehead atoms. The fourth-order valence-corrected chi connectivity index (χ4v) is 1.84. The first-order valence-electron chi connectivity index (χ1n) is 6.50. The summed E-state index contributed by atoms with van der Waals surface area (Å²) in [6.45, 7) is 4.19. The maximum Gasteiger partial charge on any atom is 0.119 e. The molecule has 0 unspecified atom stereocenters. The van der Waals surface area contributed by atoms with Gasteiger partial charge in [-0.15, -0.1) is 0 Å². The number of hydrogen-bond acceptors (Lipinski definition) is 4. The second-order valence-electron chi connectivity index (χ2n) is 3.83. The van der Waals surface area contributed by atoms with Crippen LogP contribution in [0.25, 0.3) is 0 Å². The highest BCUT2D eigenvalue weighted by molar-refractivity contribution is 9.10. The van der Waals surface area contributed by atoms with Crippen molar-refractivity contribution >= 4 is 31.9 Å². The predicted octanol–water partition coefficient (Wildman–Crippen LogP) is 3.27. The molecule has 4 nitrogen and oxygen atoms in total. The van der Waals surface area contributed by atoms with E-state index in [0.717, 1.165) is 15.6 Å². The third-order valence-corrected chi connectivity index (χ3v) is 3.13. The fourth-order valence-electron chi connectivity index (χ4n) is 1.35. The van der Waals surface area contributed by atoms with Crippen LogP contribution in [-0.2, 0) is 14.2 Å². The van der Waals surface area contributed by atoms with Gasteiger partial charge in [0.15, 0.2) is 0 Å². The van der Waals surface area contributed by atoms with E-state index in [0.29, 0.717) is 46.2 Å². The van der Waals surface area contributed by atoms with E-state index in [-0.39, 0.29) is 0 Å². The molecule has 0 saturated heterocycles. The van der Waals surface area contributed by atoms with Gasteiger partial charge in [-0.2, -0.15) is 0 Å². The number of halogens is 2. The smallest absolute Gasteiger partial charge is 0.119 e. The molecule has 1 aromatic rings. The van der Waals surface area contributed by atoms with E-state index in [1.165, 1.54) is 0 Å². The first-order chi connectivity index (χ1) is 9.83. The number of ether oxygens (including phenoxy) is 4. The molecule has 0 fully saturated rings. The molecule has 0 saturated carbocycles. The lowest BCUT2D eigenvalue weighted by molar-refractivity contribution is 0.0119. The molecule has 1 aromatic carbocycles. The molecule has 20 heavy (non-hydrogen) atoms. The van der Waals surface area contributed by atoms with Crippen LogP contribution < -0.4 is 4.74 Å². The van der Waals surface area contributed by atoms with Crippen molar-refractivity contribution in [3.8, 4) is 5.75 Å². The van der Waals surface area contributed by atoms with Crippen molar-refractivity contribution in [2.75, 3.05) is 51.6 Å². The first-order valence-corrected chi connectivity index (χ1v) is 8.42.